The molecule has 29 heavy (non-hydrogen) atoms. The van der Waals surface area contributed by atoms with Gasteiger partial charge in [0.05, 0.1) is 10.6 Å². The van der Waals surface area contributed by atoms with Crippen molar-refractivity contribution in [1.82, 2.24) is 10.6 Å². The van der Waals surface area contributed by atoms with Gasteiger partial charge in [-0.2, -0.15) is 0 Å². The number of amides is 2. The number of hydrogen-bond donors (Lipinski definition) is 2. The van der Waals surface area contributed by atoms with Crippen molar-refractivity contribution in [3.63, 3.8) is 0 Å². The van der Waals surface area contributed by atoms with Crippen LogP contribution in [0.2, 0.25) is 5.02 Å². The first kappa shape index (κ1) is 20.6. The zero-order valence-corrected chi connectivity index (χ0v) is 16.9. The van der Waals surface area contributed by atoms with Crippen molar-refractivity contribution in [2.75, 3.05) is 6.54 Å². The minimum absolute atomic E-state index is 0.0211. The molecule has 0 aliphatic heterocycles. The fourth-order valence-corrected chi connectivity index (χ4v) is 3.36. The number of hydrogen-bond acceptors (Lipinski definition) is 2. The molecule has 2 N–H and O–H groups in total. The Kier molecular flexibility index (Phi) is 7.04. The Morgan fingerprint density at radius 1 is 0.828 bits per heavy atom. The number of nitrogens with one attached hydrogen (secondary N) is 2. The minimum Gasteiger partial charge on any atom is -0.353 e. The van der Waals surface area contributed by atoms with E-state index in [9.17, 15) is 9.59 Å². The number of carbonyl (C=O) groups excluding carboxylic acids is 2. The van der Waals surface area contributed by atoms with Crippen LogP contribution in [0.25, 0.3) is 0 Å². The zero-order valence-electron chi connectivity index (χ0n) is 16.1. The molecule has 3 aromatic rings. The van der Waals surface area contributed by atoms with E-state index in [1.54, 1.807) is 31.2 Å². The Bertz CT molecular complexity index is 921. The number of carbonyl (C=O) groups is 2. The second kappa shape index (κ2) is 9.89. The minimum atomic E-state index is -0.689. The van der Waals surface area contributed by atoms with Crippen LogP contribution in [-0.2, 0) is 4.79 Å². The van der Waals surface area contributed by atoms with Crippen molar-refractivity contribution in [2.24, 2.45) is 0 Å². The van der Waals surface area contributed by atoms with E-state index in [2.05, 4.69) is 10.6 Å². The fraction of sp³-hybridized carbons (Fsp3) is 0.167. The van der Waals surface area contributed by atoms with Gasteiger partial charge in [-0.25, -0.2) is 0 Å². The van der Waals surface area contributed by atoms with Crippen LogP contribution in [0, 0.1) is 0 Å². The van der Waals surface area contributed by atoms with Crippen LogP contribution in [0.3, 0.4) is 0 Å². The highest BCUT2D eigenvalue weighted by Gasteiger charge is 2.20. The summed E-state index contributed by atoms with van der Waals surface area (Å²) in [5, 5.41) is 6.02. The second-order valence-electron chi connectivity index (χ2n) is 6.79. The summed E-state index contributed by atoms with van der Waals surface area (Å²) in [6, 6.07) is 26.1. The molecule has 2 amide bonds. The third-order valence-electron chi connectivity index (χ3n) is 4.74. The fourth-order valence-electron chi connectivity index (χ4n) is 3.14. The van der Waals surface area contributed by atoms with E-state index in [1.165, 1.54) is 0 Å². The SMILES string of the molecule is CC(NC(=O)c1ccccc1Cl)C(=O)NCC(c1ccccc1)c1ccccc1. The van der Waals surface area contributed by atoms with Crippen molar-refractivity contribution in [3.8, 4) is 0 Å². The van der Waals surface area contributed by atoms with Gasteiger partial charge in [0.15, 0.2) is 0 Å². The van der Waals surface area contributed by atoms with Crippen LogP contribution >= 0.6 is 11.6 Å². The van der Waals surface area contributed by atoms with Crippen LogP contribution in [0.4, 0.5) is 0 Å². The van der Waals surface area contributed by atoms with E-state index in [4.69, 9.17) is 11.6 Å². The van der Waals surface area contributed by atoms with Crippen LogP contribution in [0.15, 0.2) is 84.9 Å². The molecule has 0 spiro atoms. The lowest BCUT2D eigenvalue weighted by Crippen LogP contribution is -2.45. The van der Waals surface area contributed by atoms with Crippen LogP contribution in [0.1, 0.15) is 34.3 Å². The first-order valence-electron chi connectivity index (χ1n) is 9.49. The molecule has 0 aliphatic carbocycles. The third-order valence-corrected chi connectivity index (χ3v) is 5.07. The normalized spacial score (nSPS) is 11.7. The summed E-state index contributed by atoms with van der Waals surface area (Å²) in [6.45, 7) is 2.09. The Morgan fingerprint density at radius 2 is 1.34 bits per heavy atom. The van der Waals surface area contributed by atoms with Crippen molar-refractivity contribution in [3.05, 3.63) is 107 Å². The van der Waals surface area contributed by atoms with E-state index in [0.29, 0.717) is 17.1 Å². The molecule has 3 rings (SSSR count). The molecule has 4 nitrogen and oxygen atoms in total. The molecule has 148 valence electrons. The van der Waals surface area contributed by atoms with Gasteiger partial charge >= 0.3 is 0 Å². The van der Waals surface area contributed by atoms with Crippen LogP contribution < -0.4 is 10.6 Å². The molecule has 1 atom stereocenters. The third kappa shape index (κ3) is 5.46. The number of benzene rings is 3. The predicted octanol–water partition coefficient (Wildman–Crippen LogP) is 4.41. The summed E-state index contributed by atoms with van der Waals surface area (Å²) in [7, 11) is 0. The first-order chi connectivity index (χ1) is 14.1. The average Bonchev–Trinajstić information content (AvgIpc) is 2.75. The Balaban J connectivity index is 1.65. The highest BCUT2D eigenvalue weighted by Crippen LogP contribution is 2.23. The molecule has 0 bridgehead atoms. The summed E-state index contributed by atoms with van der Waals surface area (Å²) in [5.74, 6) is -0.601. The van der Waals surface area contributed by atoms with Gasteiger partial charge in [0, 0.05) is 12.5 Å². The highest BCUT2D eigenvalue weighted by atomic mass is 35.5. The quantitative estimate of drug-likeness (QED) is 0.610. The molecular formula is C24H23ClN2O2. The van der Waals surface area contributed by atoms with Gasteiger partial charge in [-0.1, -0.05) is 84.4 Å². The van der Waals surface area contributed by atoms with E-state index in [1.807, 2.05) is 60.7 Å². The predicted molar refractivity (Wildman–Crippen MR) is 116 cm³/mol. The molecule has 1 unspecified atom stereocenters. The van der Waals surface area contributed by atoms with E-state index < -0.39 is 6.04 Å². The monoisotopic (exact) mass is 406 g/mol. The summed E-state index contributed by atoms with van der Waals surface area (Å²) in [4.78, 5) is 25.0. The van der Waals surface area contributed by atoms with Gasteiger partial charge in [0.2, 0.25) is 5.91 Å². The second-order valence-corrected chi connectivity index (χ2v) is 7.20. The lowest BCUT2D eigenvalue weighted by atomic mass is 9.91. The standard InChI is InChI=1S/C24H23ClN2O2/c1-17(27-24(29)20-14-8-9-15-22(20)25)23(28)26-16-21(18-10-4-2-5-11-18)19-12-6-3-7-13-19/h2-15,17,21H,16H2,1H3,(H,26,28)(H,27,29). The number of rotatable bonds is 7. The van der Waals surface area contributed by atoms with E-state index in [-0.39, 0.29) is 17.7 Å². The average molecular weight is 407 g/mol. The largest absolute Gasteiger partial charge is 0.353 e. The summed E-state index contributed by atoms with van der Waals surface area (Å²) in [5.41, 5.74) is 2.58. The Labute approximate surface area is 175 Å². The van der Waals surface area contributed by atoms with Gasteiger partial charge < -0.3 is 10.6 Å². The molecule has 0 radical (unpaired) electrons. The van der Waals surface area contributed by atoms with Gasteiger partial charge in [-0.15, -0.1) is 0 Å². The molecule has 0 heterocycles. The maximum Gasteiger partial charge on any atom is 0.253 e. The molecule has 5 heteroatoms. The van der Waals surface area contributed by atoms with Crippen LogP contribution in [0.5, 0.6) is 0 Å². The molecule has 0 aromatic heterocycles. The van der Waals surface area contributed by atoms with E-state index >= 15 is 0 Å². The lowest BCUT2D eigenvalue weighted by molar-refractivity contribution is -0.122. The molecule has 0 fully saturated rings. The maximum atomic E-state index is 12.6. The Morgan fingerprint density at radius 3 is 1.90 bits per heavy atom. The summed E-state index contributed by atoms with van der Waals surface area (Å²) < 4.78 is 0. The molecule has 3 aromatic carbocycles. The molecule has 0 aliphatic rings. The van der Waals surface area contributed by atoms with Gasteiger partial charge in [-0.3, -0.25) is 9.59 Å². The smallest absolute Gasteiger partial charge is 0.253 e. The Hall–Kier alpha value is -3.11. The molecule has 0 saturated carbocycles. The van der Waals surface area contributed by atoms with Crippen molar-refractivity contribution >= 4 is 23.4 Å². The van der Waals surface area contributed by atoms with Gasteiger partial charge in [0.1, 0.15) is 6.04 Å². The summed E-state index contributed by atoms with van der Waals surface area (Å²) in [6.07, 6.45) is 0. The molecular weight excluding hydrogens is 384 g/mol. The summed E-state index contributed by atoms with van der Waals surface area (Å²) >= 11 is 6.06. The zero-order chi connectivity index (χ0) is 20.6. The topological polar surface area (TPSA) is 58.2 Å². The highest BCUT2D eigenvalue weighted by molar-refractivity contribution is 6.33. The lowest BCUT2D eigenvalue weighted by Gasteiger charge is -2.21. The maximum absolute atomic E-state index is 12.6. The van der Waals surface area contributed by atoms with Gasteiger partial charge in [0.25, 0.3) is 5.91 Å². The number of halogens is 1. The van der Waals surface area contributed by atoms with Crippen molar-refractivity contribution in [1.29, 1.82) is 0 Å². The first-order valence-corrected chi connectivity index (χ1v) is 9.87. The van der Waals surface area contributed by atoms with Gasteiger partial charge in [-0.05, 0) is 30.2 Å². The van der Waals surface area contributed by atoms with E-state index in [0.717, 1.165) is 11.1 Å². The van der Waals surface area contributed by atoms with Crippen molar-refractivity contribution in [2.45, 2.75) is 18.9 Å². The molecule has 0 saturated heterocycles. The van der Waals surface area contributed by atoms with Crippen LogP contribution in [-0.4, -0.2) is 24.4 Å². The van der Waals surface area contributed by atoms with Crippen molar-refractivity contribution < 1.29 is 9.59 Å².